The molecule has 0 aliphatic carbocycles. The van der Waals surface area contributed by atoms with Crippen molar-refractivity contribution in [2.24, 2.45) is 0 Å². The molecule has 1 amide bonds. The molecule has 0 aliphatic rings. The van der Waals surface area contributed by atoms with Crippen molar-refractivity contribution in [2.45, 2.75) is 6.42 Å². The van der Waals surface area contributed by atoms with E-state index in [0.717, 1.165) is 0 Å². The van der Waals surface area contributed by atoms with Crippen LogP contribution < -0.4 is 5.32 Å². The number of carbonyl (C=O) groups excluding carboxylic acids is 1. The lowest BCUT2D eigenvalue weighted by molar-refractivity contribution is -0.136. The third kappa shape index (κ3) is 3.67. The van der Waals surface area contributed by atoms with Gasteiger partial charge in [-0.2, -0.15) is 0 Å². The molecule has 5 nitrogen and oxygen atoms in total. The third-order valence-corrected chi connectivity index (χ3v) is 2.37. The summed E-state index contributed by atoms with van der Waals surface area (Å²) in [5, 5.41) is 11.1. The zero-order valence-electron chi connectivity index (χ0n) is 8.04. The van der Waals surface area contributed by atoms with Gasteiger partial charge in [0, 0.05) is 12.7 Å². The highest BCUT2D eigenvalue weighted by Gasteiger charge is 2.08. The maximum atomic E-state index is 11.4. The van der Waals surface area contributed by atoms with Crippen molar-refractivity contribution in [3.63, 3.8) is 0 Å². The molecule has 0 aliphatic heterocycles. The maximum absolute atomic E-state index is 11.4. The molecule has 1 heterocycles. The second-order valence-electron chi connectivity index (χ2n) is 2.90. The van der Waals surface area contributed by atoms with Crippen LogP contribution in [0.25, 0.3) is 0 Å². The monoisotopic (exact) mass is 262 g/mol. The van der Waals surface area contributed by atoms with Gasteiger partial charge in [0.2, 0.25) is 0 Å². The molecule has 7 heteroatoms. The lowest BCUT2D eigenvalue weighted by Gasteiger charge is -2.03. The van der Waals surface area contributed by atoms with Crippen LogP contribution in [0.15, 0.2) is 12.3 Å². The smallest absolute Gasteiger partial charge is 0.305 e. The second-order valence-corrected chi connectivity index (χ2v) is 3.66. The van der Waals surface area contributed by atoms with E-state index in [1.807, 2.05) is 0 Å². The van der Waals surface area contributed by atoms with Crippen molar-refractivity contribution in [3.8, 4) is 0 Å². The Hall–Kier alpha value is -1.33. The highest BCUT2D eigenvalue weighted by molar-refractivity contribution is 6.41. The van der Waals surface area contributed by atoms with Gasteiger partial charge in [0.1, 0.15) is 5.15 Å². The average Bonchev–Trinajstić information content (AvgIpc) is 2.21. The van der Waals surface area contributed by atoms with Gasteiger partial charge in [-0.15, -0.1) is 0 Å². The molecule has 0 fully saturated rings. The van der Waals surface area contributed by atoms with Crippen LogP contribution in [0.4, 0.5) is 0 Å². The molecule has 0 radical (unpaired) electrons. The van der Waals surface area contributed by atoms with Gasteiger partial charge in [-0.1, -0.05) is 23.2 Å². The molecule has 0 unspecified atom stereocenters. The minimum absolute atomic E-state index is 0.0500. The van der Waals surface area contributed by atoms with E-state index in [-0.39, 0.29) is 28.7 Å². The molecule has 0 bridgehead atoms. The van der Waals surface area contributed by atoms with Crippen molar-refractivity contribution >= 4 is 35.1 Å². The Morgan fingerprint density at radius 3 is 2.69 bits per heavy atom. The summed E-state index contributed by atoms with van der Waals surface area (Å²) < 4.78 is 0. The molecule has 0 atom stereocenters. The Labute approximate surface area is 101 Å². The molecular weight excluding hydrogens is 255 g/mol. The first-order chi connectivity index (χ1) is 7.50. The van der Waals surface area contributed by atoms with Crippen LogP contribution in [0.2, 0.25) is 10.2 Å². The van der Waals surface area contributed by atoms with Crippen molar-refractivity contribution in [1.29, 1.82) is 0 Å². The molecule has 1 aromatic heterocycles. The summed E-state index contributed by atoms with van der Waals surface area (Å²) >= 11 is 11.3. The molecule has 0 spiro atoms. The summed E-state index contributed by atoms with van der Waals surface area (Å²) in [5.41, 5.74) is 0.236. The van der Waals surface area contributed by atoms with Gasteiger partial charge < -0.3 is 10.4 Å². The summed E-state index contributed by atoms with van der Waals surface area (Å²) in [6.07, 6.45) is 1.13. The van der Waals surface area contributed by atoms with Crippen molar-refractivity contribution < 1.29 is 14.7 Å². The normalized spacial score (nSPS) is 9.88. The topological polar surface area (TPSA) is 79.3 Å². The number of halogens is 2. The van der Waals surface area contributed by atoms with E-state index in [0.29, 0.717) is 0 Å². The zero-order chi connectivity index (χ0) is 12.1. The van der Waals surface area contributed by atoms with Crippen molar-refractivity contribution in [3.05, 3.63) is 28.0 Å². The van der Waals surface area contributed by atoms with E-state index in [9.17, 15) is 9.59 Å². The number of carbonyl (C=O) groups is 2. The number of nitrogens with one attached hydrogen (secondary N) is 1. The molecule has 0 saturated carbocycles. The lowest BCUT2D eigenvalue weighted by Crippen LogP contribution is -2.26. The first-order valence-electron chi connectivity index (χ1n) is 4.31. The highest BCUT2D eigenvalue weighted by Crippen LogP contribution is 2.19. The van der Waals surface area contributed by atoms with E-state index < -0.39 is 11.9 Å². The van der Waals surface area contributed by atoms with Crippen LogP contribution >= 0.6 is 23.2 Å². The molecule has 0 saturated heterocycles. The first kappa shape index (κ1) is 12.7. The molecular formula is C9H8Cl2N2O3. The molecule has 1 rings (SSSR count). The number of carboxylic acid groups (broad SMARTS) is 1. The fourth-order valence-electron chi connectivity index (χ4n) is 0.930. The Bertz CT molecular complexity index is 423. The number of hydrogen-bond acceptors (Lipinski definition) is 3. The van der Waals surface area contributed by atoms with E-state index in [2.05, 4.69) is 10.3 Å². The molecule has 86 valence electrons. The summed E-state index contributed by atoms with van der Waals surface area (Å²) in [7, 11) is 0. The zero-order valence-corrected chi connectivity index (χ0v) is 9.55. The predicted octanol–water partition coefficient (Wildman–Crippen LogP) is 1.59. The van der Waals surface area contributed by atoms with Gasteiger partial charge in [-0.05, 0) is 6.07 Å². The van der Waals surface area contributed by atoms with Crippen LogP contribution in [-0.2, 0) is 4.79 Å². The van der Waals surface area contributed by atoms with Crippen LogP contribution in [0.1, 0.15) is 16.8 Å². The average molecular weight is 263 g/mol. The fraction of sp³-hybridized carbons (Fsp3) is 0.222. The number of hydrogen-bond donors (Lipinski definition) is 2. The fourth-order valence-corrected chi connectivity index (χ4v) is 1.20. The van der Waals surface area contributed by atoms with Gasteiger partial charge in [-0.3, -0.25) is 9.59 Å². The van der Waals surface area contributed by atoms with Gasteiger partial charge in [-0.25, -0.2) is 4.98 Å². The number of aromatic nitrogens is 1. The Morgan fingerprint density at radius 1 is 1.44 bits per heavy atom. The van der Waals surface area contributed by atoms with Gasteiger partial charge in [0.25, 0.3) is 5.91 Å². The van der Waals surface area contributed by atoms with E-state index in [1.165, 1.54) is 12.3 Å². The number of nitrogens with zero attached hydrogens (tertiary/aromatic N) is 1. The predicted molar refractivity (Wildman–Crippen MR) is 58.8 cm³/mol. The highest BCUT2D eigenvalue weighted by atomic mass is 35.5. The van der Waals surface area contributed by atoms with Crippen LogP contribution in [-0.4, -0.2) is 28.5 Å². The molecule has 0 aromatic carbocycles. The Kier molecular flexibility index (Phi) is 4.52. The second kappa shape index (κ2) is 5.67. The number of carboxylic acids is 1. The number of rotatable bonds is 4. The van der Waals surface area contributed by atoms with E-state index in [4.69, 9.17) is 28.3 Å². The first-order valence-corrected chi connectivity index (χ1v) is 5.07. The summed E-state index contributed by atoms with van der Waals surface area (Å²) in [6.45, 7) is 0.0500. The van der Waals surface area contributed by atoms with Gasteiger partial charge >= 0.3 is 5.97 Å². The minimum Gasteiger partial charge on any atom is -0.481 e. The Balaban J connectivity index is 2.59. The Morgan fingerprint density at radius 2 is 2.12 bits per heavy atom. The number of pyridine rings is 1. The maximum Gasteiger partial charge on any atom is 0.305 e. The number of amides is 1. The summed E-state index contributed by atoms with van der Waals surface area (Å²) in [5.74, 6) is -1.42. The lowest BCUT2D eigenvalue weighted by atomic mass is 10.2. The van der Waals surface area contributed by atoms with Crippen molar-refractivity contribution in [2.75, 3.05) is 6.54 Å². The van der Waals surface area contributed by atoms with Crippen molar-refractivity contribution in [1.82, 2.24) is 10.3 Å². The third-order valence-electron chi connectivity index (χ3n) is 1.68. The summed E-state index contributed by atoms with van der Waals surface area (Å²) in [4.78, 5) is 25.4. The van der Waals surface area contributed by atoms with Gasteiger partial charge in [0.05, 0.1) is 17.0 Å². The summed E-state index contributed by atoms with van der Waals surface area (Å²) in [6, 6.07) is 1.37. The standard InChI is InChI=1S/C9H8Cl2N2O3/c10-6-3-5(4-13-8(6)11)9(16)12-2-1-7(14)15/h3-4H,1-2H2,(H,12,16)(H,14,15). The van der Waals surface area contributed by atoms with Crippen LogP contribution in [0.5, 0.6) is 0 Å². The number of aliphatic carboxylic acids is 1. The van der Waals surface area contributed by atoms with E-state index >= 15 is 0 Å². The van der Waals surface area contributed by atoms with Crippen LogP contribution in [0, 0.1) is 0 Å². The molecule has 1 aromatic rings. The minimum atomic E-state index is -0.979. The SMILES string of the molecule is O=C(O)CCNC(=O)c1cnc(Cl)c(Cl)c1. The van der Waals surface area contributed by atoms with E-state index in [1.54, 1.807) is 0 Å². The molecule has 16 heavy (non-hydrogen) atoms. The largest absolute Gasteiger partial charge is 0.481 e. The van der Waals surface area contributed by atoms with Crippen LogP contribution in [0.3, 0.4) is 0 Å². The molecule has 2 N–H and O–H groups in total. The van der Waals surface area contributed by atoms with Gasteiger partial charge in [0.15, 0.2) is 0 Å². The quantitative estimate of drug-likeness (QED) is 0.808.